The van der Waals surface area contributed by atoms with Crippen LogP contribution in [0.1, 0.15) is 19.3 Å². The molecule has 1 fully saturated rings. The number of rotatable bonds is 1. The van der Waals surface area contributed by atoms with Crippen LogP contribution < -0.4 is 0 Å². The summed E-state index contributed by atoms with van der Waals surface area (Å²) in [5, 5.41) is 17.2. The van der Waals surface area contributed by atoms with Gasteiger partial charge in [0.15, 0.2) is 0 Å². The minimum atomic E-state index is -1.49. The van der Waals surface area contributed by atoms with E-state index >= 15 is 0 Å². The van der Waals surface area contributed by atoms with Gasteiger partial charge in [0.05, 0.1) is 0 Å². The molecule has 1 aliphatic heterocycles. The average Bonchev–Trinajstić information content (AvgIpc) is 2.02. The van der Waals surface area contributed by atoms with Crippen molar-refractivity contribution in [1.29, 1.82) is 0 Å². The summed E-state index contributed by atoms with van der Waals surface area (Å²) in [6.45, 7) is 0. The molecule has 0 aliphatic carbocycles. The first kappa shape index (κ1) is 9.50. The Morgan fingerprint density at radius 2 is 2.00 bits per heavy atom. The molecule has 0 aromatic carbocycles. The molecule has 1 aliphatic rings. The fourth-order valence-electron chi connectivity index (χ4n) is 1.34. The molecule has 0 bridgehead atoms. The lowest BCUT2D eigenvalue weighted by atomic mass is 10.0. The molecule has 1 saturated heterocycles. The molecule has 1 rings (SSSR count). The third-order valence-corrected chi connectivity index (χ3v) is 1.94. The monoisotopic (exact) mass is 187 g/mol. The van der Waals surface area contributed by atoms with E-state index in [1.54, 1.807) is 0 Å². The van der Waals surface area contributed by atoms with E-state index < -0.39 is 24.0 Å². The van der Waals surface area contributed by atoms with Crippen LogP contribution in [0, 0.1) is 0 Å². The van der Waals surface area contributed by atoms with Crippen LogP contribution in [0.25, 0.3) is 0 Å². The normalized spacial score (nSPS) is 22.9. The Hall–Kier alpha value is -1.59. The zero-order valence-electron chi connectivity index (χ0n) is 6.77. The van der Waals surface area contributed by atoms with E-state index in [0.29, 0.717) is 11.3 Å². The summed E-state index contributed by atoms with van der Waals surface area (Å²) in [4.78, 5) is 32.5. The number of carbonyl (C=O) groups is 3. The van der Waals surface area contributed by atoms with Crippen LogP contribution in [-0.2, 0) is 9.59 Å². The first-order valence-corrected chi connectivity index (χ1v) is 3.82. The van der Waals surface area contributed by atoms with Gasteiger partial charge in [0.1, 0.15) is 6.04 Å². The number of imide groups is 1. The maximum absolute atomic E-state index is 11.0. The van der Waals surface area contributed by atoms with Gasteiger partial charge in [-0.1, -0.05) is 0 Å². The molecular formula is C7H9NO5. The van der Waals surface area contributed by atoms with Crippen molar-refractivity contribution < 1.29 is 24.6 Å². The van der Waals surface area contributed by atoms with Crippen LogP contribution >= 0.6 is 0 Å². The van der Waals surface area contributed by atoms with Crippen molar-refractivity contribution in [2.45, 2.75) is 25.3 Å². The standard InChI is InChI=1S/C7H9NO5/c9-5-3-1-2-4(6(10)11)8(5)7(12)13/h4H,1-3H2,(H,10,11)(H,12,13). The zero-order valence-corrected chi connectivity index (χ0v) is 6.77. The minimum Gasteiger partial charge on any atom is -0.480 e. The van der Waals surface area contributed by atoms with Crippen LogP contribution in [-0.4, -0.2) is 39.1 Å². The highest BCUT2D eigenvalue weighted by Crippen LogP contribution is 2.18. The Morgan fingerprint density at radius 1 is 1.38 bits per heavy atom. The predicted molar refractivity (Wildman–Crippen MR) is 40.1 cm³/mol. The van der Waals surface area contributed by atoms with Crippen molar-refractivity contribution in [2.24, 2.45) is 0 Å². The lowest BCUT2D eigenvalue weighted by Crippen LogP contribution is -2.50. The molecule has 0 spiro atoms. The summed E-state index contributed by atoms with van der Waals surface area (Å²) in [5.74, 6) is -1.90. The minimum absolute atomic E-state index is 0.107. The number of nitrogens with zero attached hydrogens (tertiary/aromatic N) is 1. The van der Waals surface area contributed by atoms with E-state index in [2.05, 4.69) is 0 Å². The molecular weight excluding hydrogens is 178 g/mol. The summed E-state index contributed by atoms with van der Waals surface area (Å²) in [6, 6.07) is -1.21. The highest BCUT2D eigenvalue weighted by Gasteiger charge is 2.37. The van der Waals surface area contributed by atoms with Crippen LogP contribution in [0.3, 0.4) is 0 Å². The zero-order chi connectivity index (χ0) is 10.0. The number of carbonyl (C=O) groups excluding carboxylic acids is 1. The second kappa shape index (κ2) is 3.42. The summed E-state index contributed by atoms with van der Waals surface area (Å²) in [5.41, 5.74) is 0. The second-order valence-corrected chi connectivity index (χ2v) is 2.79. The number of aliphatic carboxylic acids is 1. The maximum Gasteiger partial charge on any atom is 0.414 e. The molecule has 2 amide bonds. The maximum atomic E-state index is 11.0. The fourth-order valence-corrected chi connectivity index (χ4v) is 1.34. The molecule has 72 valence electrons. The van der Waals surface area contributed by atoms with Gasteiger partial charge >= 0.3 is 12.1 Å². The van der Waals surface area contributed by atoms with Gasteiger partial charge in [-0.25, -0.2) is 14.5 Å². The number of piperidine rings is 1. The third kappa shape index (κ3) is 1.77. The van der Waals surface area contributed by atoms with Gasteiger partial charge in [0.25, 0.3) is 0 Å². The summed E-state index contributed by atoms with van der Waals surface area (Å²) >= 11 is 0. The molecule has 0 aromatic heterocycles. The van der Waals surface area contributed by atoms with Crippen molar-refractivity contribution >= 4 is 18.0 Å². The SMILES string of the molecule is O=C(O)C1CCCC(=O)N1C(=O)O. The molecule has 0 saturated carbocycles. The predicted octanol–water partition coefficient (Wildman–Crippen LogP) is 0.130. The van der Waals surface area contributed by atoms with Gasteiger partial charge in [0.2, 0.25) is 5.91 Å². The summed E-state index contributed by atoms with van der Waals surface area (Å²) in [6.07, 6.45) is -0.750. The summed E-state index contributed by atoms with van der Waals surface area (Å²) < 4.78 is 0. The molecule has 0 aromatic rings. The van der Waals surface area contributed by atoms with Crippen LogP contribution in [0.4, 0.5) is 4.79 Å². The van der Waals surface area contributed by atoms with E-state index in [0.717, 1.165) is 0 Å². The van der Waals surface area contributed by atoms with E-state index in [9.17, 15) is 14.4 Å². The smallest absolute Gasteiger partial charge is 0.414 e. The largest absolute Gasteiger partial charge is 0.480 e. The Morgan fingerprint density at radius 3 is 2.38 bits per heavy atom. The van der Waals surface area contributed by atoms with Gasteiger partial charge in [-0.2, -0.15) is 0 Å². The number of hydrogen-bond donors (Lipinski definition) is 2. The lowest BCUT2D eigenvalue weighted by Gasteiger charge is -2.28. The van der Waals surface area contributed by atoms with Crippen molar-refractivity contribution in [3.63, 3.8) is 0 Å². The van der Waals surface area contributed by atoms with Crippen LogP contribution in [0.2, 0.25) is 0 Å². The van der Waals surface area contributed by atoms with Crippen LogP contribution in [0.5, 0.6) is 0 Å². The first-order chi connectivity index (χ1) is 6.04. The van der Waals surface area contributed by atoms with E-state index in [1.165, 1.54) is 0 Å². The third-order valence-electron chi connectivity index (χ3n) is 1.94. The van der Waals surface area contributed by atoms with E-state index in [4.69, 9.17) is 10.2 Å². The lowest BCUT2D eigenvalue weighted by molar-refractivity contribution is -0.150. The summed E-state index contributed by atoms with van der Waals surface area (Å²) in [7, 11) is 0. The van der Waals surface area contributed by atoms with Gasteiger partial charge in [0, 0.05) is 6.42 Å². The van der Waals surface area contributed by atoms with Gasteiger partial charge < -0.3 is 10.2 Å². The molecule has 2 N–H and O–H groups in total. The van der Waals surface area contributed by atoms with E-state index in [-0.39, 0.29) is 12.8 Å². The second-order valence-electron chi connectivity index (χ2n) is 2.79. The Labute approximate surface area is 73.8 Å². The Balaban J connectivity index is 2.86. The highest BCUT2D eigenvalue weighted by molar-refractivity contribution is 5.96. The van der Waals surface area contributed by atoms with Crippen molar-refractivity contribution in [1.82, 2.24) is 4.90 Å². The van der Waals surface area contributed by atoms with Gasteiger partial charge in [-0.05, 0) is 12.8 Å². The number of amides is 2. The molecule has 13 heavy (non-hydrogen) atoms. The van der Waals surface area contributed by atoms with Gasteiger partial charge in [-0.15, -0.1) is 0 Å². The number of carboxylic acid groups (broad SMARTS) is 2. The first-order valence-electron chi connectivity index (χ1n) is 3.82. The number of likely N-dealkylation sites (tertiary alicyclic amines) is 1. The molecule has 1 unspecified atom stereocenters. The van der Waals surface area contributed by atoms with Crippen molar-refractivity contribution in [3.05, 3.63) is 0 Å². The van der Waals surface area contributed by atoms with E-state index in [1.807, 2.05) is 0 Å². The molecule has 0 radical (unpaired) electrons. The Bertz CT molecular complexity index is 262. The fraction of sp³-hybridized carbons (Fsp3) is 0.571. The van der Waals surface area contributed by atoms with Crippen LogP contribution in [0.15, 0.2) is 0 Å². The van der Waals surface area contributed by atoms with Crippen molar-refractivity contribution in [3.8, 4) is 0 Å². The average molecular weight is 187 g/mol. The molecule has 6 nitrogen and oxygen atoms in total. The molecule has 1 atom stereocenters. The van der Waals surface area contributed by atoms with Gasteiger partial charge in [-0.3, -0.25) is 4.79 Å². The number of hydrogen-bond acceptors (Lipinski definition) is 3. The molecule has 6 heteroatoms. The number of carboxylic acids is 1. The highest BCUT2D eigenvalue weighted by atomic mass is 16.4. The molecule has 1 heterocycles. The topological polar surface area (TPSA) is 94.9 Å². The van der Waals surface area contributed by atoms with Crippen molar-refractivity contribution in [2.75, 3.05) is 0 Å². The quantitative estimate of drug-likeness (QED) is 0.608. The Kier molecular flexibility index (Phi) is 2.50.